The Bertz CT molecular complexity index is 185. The number of esters is 1. The third kappa shape index (κ3) is 21.6. The fraction of sp³-hybridized carbons (Fsp3) is 0.929. The molecule has 0 rings (SSSR count). The number of halogens is 1. The summed E-state index contributed by atoms with van der Waals surface area (Å²) in [5.74, 6) is 1.44. The molecular weight excluding hydrogens is 236 g/mol. The zero-order chi connectivity index (χ0) is 13.9. The molecule has 104 valence electrons. The predicted octanol–water partition coefficient (Wildman–Crippen LogP) is 4.79. The van der Waals surface area contributed by atoms with Crippen LogP contribution < -0.4 is 0 Å². The number of carbonyl (C=O) groups excluding carboxylic acids is 1. The van der Waals surface area contributed by atoms with Gasteiger partial charge in [0.2, 0.25) is 0 Å². The van der Waals surface area contributed by atoms with E-state index < -0.39 is 0 Å². The Hall–Kier alpha value is -0.240. The molecule has 0 fully saturated rings. The van der Waals surface area contributed by atoms with Gasteiger partial charge in [-0.05, 0) is 33.1 Å². The van der Waals surface area contributed by atoms with Gasteiger partial charge in [0.15, 0.2) is 0 Å². The number of unbranched alkanes of at least 4 members (excludes halogenated alkanes) is 1. The van der Waals surface area contributed by atoms with Crippen molar-refractivity contribution >= 4 is 17.6 Å². The number of rotatable bonds is 5. The van der Waals surface area contributed by atoms with Crippen molar-refractivity contribution in [3.63, 3.8) is 0 Å². The first-order chi connectivity index (χ1) is 7.72. The number of alkyl halides is 1. The van der Waals surface area contributed by atoms with Gasteiger partial charge >= 0.3 is 5.97 Å². The van der Waals surface area contributed by atoms with Crippen LogP contribution in [0.1, 0.15) is 67.2 Å². The van der Waals surface area contributed by atoms with Gasteiger partial charge in [-0.3, -0.25) is 4.79 Å². The first-order valence-electron chi connectivity index (χ1n) is 6.48. The SMILES string of the molecule is CC(=O)OC(C)(C)C.CCCCC(C)CCCl. The molecule has 0 amide bonds. The van der Waals surface area contributed by atoms with Gasteiger partial charge in [-0.25, -0.2) is 0 Å². The fourth-order valence-corrected chi connectivity index (χ4v) is 1.69. The molecule has 17 heavy (non-hydrogen) atoms. The van der Waals surface area contributed by atoms with Crippen molar-refractivity contribution in [1.82, 2.24) is 0 Å². The maximum Gasteiger partial charge on any atom is 0.303 e. The Kier molecular flexibility index (Phi) is 12.2. The normalized spacial score (nSPS) is 12.4. The Morgan fingerprint density at radius 2 is 1.82 bits per heavy atom. The van der Waals surface area contributed by atoms with Gasteiger partial charge in [0.1, 0.15) is 5.60 Å². The minimum atomic E-state index is -0.328. The zero-order valence-corrected chi connectivity index (χ0v) is 13.1. The second-order valence-corrected chi connectivity index (χ2v) is 5.81. The summed E-state index contributed by atoms with van der Waals surface area (Å²) in [7, 11) is 0. The zero-order valence-electron chi connectivity index (χ0n) is 12.3. The lowest BCUT2D eigenvalue weighted by molar-refractivity contribution is -0.151. The topological polar surface area (TPSA) is 26.3 Å². The molecule has 1 unspecified atom stereocenters. The van der Waals surface area contributed by atoms with Gasteiger partial charge in [-0.15, -0.1) is 11.6 Å². The molecule has 0 aliphatic rings. The van der Waals surface area contributed by atoms with E-state index in [4.69, 9.17) is 16.3 Å². The van der Waals surface area contributed by atoms with Crippen LogP contribution in [0.25, 0.3) is 0 Å². The standard InChI is InChI=1S/C8H17Cl.C6H12O2/c1-3-4-5-8(2)6-7-9;1-5(7)8-6(2,3)4/h8H,3-7H2,1-2H3;1-4H3. The molecule has 0 saturated heterocycles. The van der Waals surface area contributed by atoms with E-state index in [1.165, 1.54) is 32.6 Å². The van der Waals surface area contributed by atoms with Crippen LogP contribution in [0, 0.1) is 5.92 Å². The van der Waals surface area contributed by atoms with Crippen molar-refractivity contribution in [1.29, 1.82) is 0 Å². The highest BCUT2D eigenvalue weighted by atomic mass is 35.5. The molecule has 0 spiro atoms. The Labute approximate surface area is 112 Å². The number of hydrogen-bond acceptors (Lipinski definition) is 2. The second kappa shape index (κ2) is 10.9. The molecule has 0 aromatic carbocycles. The maximum absolute atomic E-state index is 10.2. The smallest absolute Gasteiger partial charge is 0.303 e. The third-order valence-electron chi connectivity index (χ3n) is 2.10. The van der Waals surface area contributed by atoms with E-state index in [-0.39, 0.29) is 11.6 Å². The third-order valence-corrected chi connectivity index (χ3v) is 2.32. The molecule has 2 nitrogen and oxygen atoms in total. The van der Waals surface area contributed by atoms with Crippen LogP contribution in [0.5, 0.6) is 0 Å². The van der Waals surface area contributed by atoms with Crippen molar-refractivity contribution < 1.29 is 9.53 Å². The van der Waals surface area contributed by atoms with Crippen molar-refractivity contribution in [2.75, 3.05) is 5.88 Å². The Morgan fingerprint density at radius 3 is 2.06 bits per heavy atom. The Morgan fingerprint density at radius 1 is 1.29 bits per heavy atom. The summed E-state index contributed by atoms with van der Waals surface area (Å²) in [4.78, 5) is 10.2. The molecule has 1 atom stereocenters. The Balaban J connectivity index is 0. The molecule has 0 radical (unpaired) electrons. The fourth-order valence-electron chi connectivity index (χ4n) is 1.31. The molecule has 0 N–H and O–H groups in total. The molecule has 0 saturated carbocycles. The highest BCUT2D eigenvalue weighted by Crippen LogP contribution is 2.11. The molecule has 0 bridgehead atoms. The lowest BCUT2D eigenvalue weighted by Crippen LogP contribution is -2.21. The van der Waals surface area contributed by atoms with Crippen molar-refractivity contribution in [2.24, 2.45) is 5.92 Å². The van der Waals surface area contributed by atoms with Crippen molar-refractivity contribution in [3.05, 3.63) is 0 Å². The van der Waals surface area contributed by atoms with Crippen LogP contribution in [0.15, 0.2) is 0 Å². The summed E-state index contributed by atoms with van der Waals surface area (Å²) in [6.07, 6.45) is 5.20. The lowest BCUT2D eigenvalue weighted by atomic mass is 10.0. The summed E-state index contributed by atoms with van der Waals surface area (Å²) in [5.41, 5.74) is -0.328. The van der Waals surface area contributed by atoms with E-state index in [0.717, 1.165) is 11.8 Å². The first-order valence-corrected chi connectivity index (χ1v) is 7.02. The maximum atomic E-state index is 10.2. The number of hydrogen-bond donors (Lipinski definition) is 0. The van der Waals surface area contributed by atoms with Crippen molar-refractivity contribution in [3.8, 4) is 0 Å². The van der Waals surface area contributed by atoms with Gasteiger partial charge in [-0.2, -0.15) is 0 Å². The molecule has 0 heterocycles. The quantitative estimate of drug-likeness (QED) is 0.527. The van der Waals surface area contributed by atoms with Gasteiger partial charge in [0.25, 0.3) is 0 Å². The van der Waals surface area contributed by atoms with Crippen LogP contribution in [-0.4, -0.2) is 17.5 Å². The summed E-state index contributed by atoms with van der Waals surface area (Å²) in [6, 6.07) is 0. The second-order valence-electron chi connectivity index (χ2n) is 5.43. The van der Waals surface area contributed by atoms with Crippen LogP contribution in [0.4, 0.5) is 0 Å². The molecule has 0 aliphatic heterocycles. The summed E-state index contributed by atoms with van der Waals surface area (Å²) in [6.45, 7) is 11.4. The van der Waals surface area contributed by atoms with E-state index in [1.54, 1.807) is 0 Å². The molecule has 0 aromatic rings. The minimum Gasteiger partial charge on any atom is -0.460 e. The molecule has 0 aromatic heterocycles. The van der Waals surface area contributed by atoms with Gasteiger partial charge in [0.05, 0.1) is 0 Å². The van der Waals surface area contributed by atoms with Crippen LogP contribution in [0.3, 0.4) is 0 Å². The first kappa shape index (κ1) is 19.1. The number of ether oxygens (including phenoxy) is 1. The summed E-state index contributed by atoms with van der Waals surface area (Å²) in [5, 5.41) is 0. The average molecular weight is 265 g/mol. The minimum absolute atomic E-state index is 0.225. The van der Waals surface area contributed by atoms with E-state index >= 15 is 0 Å². The number of carbonyl (C=O) groups is 1. The van der Waals surface area contributed by atoms with E-state index in [2.05, 4.69) is 13.8 Å². The van der Waals surface area contributed by atoms with E-state index in [1.807, 2.05) is 20.8 Å². The molecule has 3 heteroatoms. The van der Waals surface area contributed by atoms with Gasteiger partial charge < -0.3 is 4.74 Å². The van der Waals surface area contributed by atoms with Crippen LogP contribution >= 0.6 is 11.6 Å². The monoisotopic (exact) mass is 264 g/mol. The highest BCUT2D eigenvalue weighted by Gasteiger charge is 2.11. The van der Waals surface area contributed by atoms with E-state index in [0.29, 0.717) is 0 Å². The van der Waals surface area contributed by atoms with Gasteiger partial charge in [0, 0.05) is 12.8 Å². The van der Waals surface area contributed by atoms with Crippen LogP contribution in [0.2, 0.25) is 0 Å². The van der Waals surface area contributed by atoms with Crippen LogP contribution in [-0.2, 0) is 9.53 Å². The van der Waals surface area contributed by atoms with Crippen molar-refractivity contribution in [2.45, 2.75) is 72.8 Å². The average Bonchev–Trinajstić information content (AvgIpc) is 2.12. The molecule has 0 aliphatic carbocycles. The van der Waals surface area contributed by atoms with E-state index in [9.17, 15) is 4.79 Å². The summed E-state index contributed by atoms with van der Waals surface area (Å²) < 4.78 is 4.80. The predicted molar refractivity (Wildman–Crippen MR) is 75.5 cm³/mol. The molecular formula is C14H29ClO2. The highest BCUT2D eigenvalue weighted by molar-refractivity contribution is 6.17. The van der Waals surface area contributed by atoms with Gasteiger partial charge in [-0.1, -0.05) is 33.1 Å². The largest absolute Gasteiger partial charge is 0.460 e. The summed E-state index contributed by atoms with van der Waals surface area (Å²) >= 11 is 5.58. The lowest BCUT2D eigenvalue weighted by Gasteiger charge is -2.17.